The molecule has 1 aromatic carbocycles. The highest BCUT2D eigenvalue weighted by molar-refractivity contribution is 6.30. The maximum absolute atomic E-state index is 12.1. The zero-order valence-corrected chi connectivity index (χ0v) is 13.3. The van der Waals surface area contributed by atoms with Crippen LogP contribution in [0.3, 0.4) is 0 Å². The van der Waals surface area contributed by atoms with Crippen molar-refractivity contribution < 1.29 is 19.5 Å². The molecule has 0 spiro atoms. The number of carbonyl (C=O) groups is 3. The molecule has 0 aromatic heterocycles. The molecule has 0 aliphatic heterocycles. The summed E-state index contributed by atoms with van der Waals surface area (Å²) in [7, 11) is 0. The molecule has 0 saturated heterocycles. The monoisotopic (exact) mass is 338 g/mol. The Balaban J connectivity index is 1.84. The summed E-state index contributed by atoms with van der Waals surface area (Å²) in [5, 5.41) is 9.76. The minimum absolute atomic E-state index is 0.102. The molecule has 2 atom stereocenters. The van der Waals surface area contributed by atoms with Crippen molar-refractivity contribution in [3.8, 4) is 0 Å². The number of hydrazine groups is 1. The van der Waals surface area contributed by atoms with Gasteiger partial charge in [0.2, 0.25) is 11.8 Å². The predicted molar refractivity (Wildman–Crippen MR) is 84.5 cm³/mol. The summed E-state index contributed by atoms with van der Waals surface area (Å²) in [6.45, 7) is 0. The first-order valence-electron chi connectivity index (χ1n) is 7.53. The Labute approximate surface area is 139 Å². The second kappa shape index (κ2) is 7.97. The lowest BCUT2D eigenvalue weighted by atomic mass is 9.79. The van der Waals surface area contributed by atoms with Crippen molar-refractivity contribution in [3.05, 3.63) is 34.9 Å². The number of rotatable bonds is 4. The number of carboxylic acids is 1. The lowest BCUT2D eigenvalue weighted by molar-refractivity contribution is -0.149. The van der Waals surface area contributed by atoms with E-state index in [4.69, 9.17) is 11.6 Å². The molecule has 0 radical (unpaired) electrons. The van der Waals surface area contributed by atoms with Gasteiger partial charge in [-0.1, -0.05) is 36.6 Å². The molecule has 0 heterocycles. The van der Waals surface area contributed by atoms with E-state index in [0.29, 0.717) is 17.9 Å². The molecule has 0 bridgehead atoms. The number of benzene rings is 1. The summed E-state index contributed by atoms with van der Waals surface area (Å²) in [6.07, 6.45) is 2.75. The van der Waals surface area contributed by atoms with Crippen LogP contribution in [0.2, 0.25) is 5.02 Å². The van der Waals surface area contributed by atoms with E-state index < -0.39 is 23.7 Å². The Morgan fingerprint density at radius 1 is 1.04 bits per heavy atom. The number of carboxylic acid groups (broad SMARTS) is 1. The Hall–Kier alpha value is -2.08. The highest BCUT2D eigenvalue weighted by atomic mass is 35.5. The van der Waals surface area contributed by atoms with Crippen LogP contribution in [0.15, 0.2) is 24.3 Å². The van der Waals surface area contributed by atoms with E-state index in [-0.39, 0.29) is 12.3 Å². The van der Waals surface area contributed by atoms with E-state index in [9.17, 15) is 19.5 Å². The molecule has 124 valence electrons. The first-order valence-corrected chi connectivity index (χ1v) is 7.91. The van der Waals surface area contributed by atoms with Crippen molar-refractivity contribution in [3.63, 3.8) is 0 Å². The van der Waals surface area contributed by atoms with Gasteiger partial charge in [0.15, 0.2) is 0 Å². The summed E-state index contributed by atoms with van der Waals surface area (Å²) >= 11 is 5.77. The van der Waals surface area contributed by atoms with Crippen LogP contribution >= 0.6 is 11.6 Å². The molecule has 1 saturated carbocycles. The van der Waals surface area contributed by atoms with Crippen LogP contribution in [0.4, 0.5) is 0 Å². The lowest BCUT2D eigenvalue weighted by Gasteiger charge is -2.27. The smallest absolute Gasteiger partial charge is 0.307 e. The third-order valence-corrected chi connectivity index (χ3v) is 4.27. The van der Waals surface area contributed by atoms with Gasteiger partial charge in [-0.3, -0.25) is 25.2 Å². The SMILES string of the molecule is O=C(Cc1ccc(Cl)cc1)NNC(=O)[C@H]1CCCC[C@H]1C(=O)O. The van der Waals surface area contributed by atoms with Gasteiger partial charge in [0.25, 0.3) is 0 Å². The zero-order valence-electron chi connectivity index (χ0n) is 12.5. The highest BCUT2D eigenvalue weighted by Crippen LogP contribution is 2.30. The molecule has 7 heteroatoms. The number of aliphatic carboxylic acids is 1. The molecule has 0 unspecified atom stereocenters. The molecular weight excluding hydrogens is 320 g/mol. The average Bonchev–Trinajstić information content (AvgIpc) is 2.54. The van der Waals surface area contributed by atoms with E-state index >= 15 is 0 Å². The Morgan fingerprint density at radius 3 is 2.26 bits per heavy atom. The van der Waals surface area contributed by atoms with Crippen LogP contribution in [-0.2, 0) is 20.8 Å². The summed E-state index contributed by atoms with van der Waals surface area (Å²) in [4.78, 5) is 35.1. The van der Waals surface area contributed by atoms with Crippen molar-refractivity contribution in [1.82, 2.24) is 10.9 Å². The fourth-order valence-electron chi connectivity index (χ4n) is 2.80. The van der Waals surface area contributed by atoms with E-state index in [0.717, 1.165) is 18.4 Å². The van der Waals surface area contributed by atoms with Crippen LogP contribution in [0.25, 0.3) is 0 Å². The molecule has 6 nitrogen and oxygen atoms in total. The van der Waals surface area contributed by atoms with Gasteiger partial charge < -0.3 is 5.11 Å². The topological polar surface area (TPSA) is 95.5 Å². The number of nitrogens with one attached hydrogen (secondary N) is 2. The fraction of sp³-hybridized carbons (Fsp3) is 0.438. The van der Waals surface area contributed by atoms with Crippen LogP contribution in [0, 0.1) is 11.8 Å². The number of halogens is 1. The average molecular weight is 339 g/mol. The van der Waals surface area contributed by atoms with Gasteiger partial charge in [-0.15, -0.1) is 0 Å². The molecule has 1 aliphatic carbocycles. The fourth-order valence-corrected chi connectivity index (χ4v) is 2.92. The molecule has 2 amide bonds. The molecule has 1 aliphatic rings. The summed E-state index contributed by atoms with van der Waals surface area (Å²) in [6, 6.07) is 6.82. The van der Waals surface area contributed by atoms with Gasteiger partial charge in [-0.25, -0.2) is 0 Å². The van der Waals surface area contributed by atoms with Gasteiger partial charge in [0, 0.05) is 5.02 Å². The summed E-state index contributed by atoms with van der Waals surface area (Å²) in [5.74, 6) is -3.06. The maximum atomic E-state index is 12.1. The van der Waals surface area contributed by atoms with Crippen molar-refractivity contribution in [2.24, 2.45) is 11.8 Å². The van der Waals surface area contributed by atoms with E-state index in [1.807, 2.05) is 0 Å². The molecule has 23 heavy (non-hydrogen) atoms. The van der Waals surface area contributed by atoms with E-state index in [1.165, 1.54) is 0 Å². The van der Waals surface area contributed by atoms with E-state index in [2.05, 4.69) is 10.9 Å². The quantitative estimate of drug-likeness (QED) is 0.731. The normalized spacial score (nSPS) is 20.6. The van der Waals surface area contributed by atoms with Crippen molar-refractivity contribution in [1.29, 1.82) is 0 Å². The van der Waals surface area contributed by atoms with Crippen LogP contribution in [0.1, 0.15) is 31.2 Å². The Morgan fingerprint density at radius 2 is 1.65 bits per heavy atom. The molecule has 2 rings (SSSR count). The number of hydrogen-bond acceptors (Lipinski definition) is 3. The second-order valence-corrected chi connectivity index (χ2v) is 6.11. The van der Waals surface area contributed by atoms with Crippen LogP contribution in [-0.4, -0.2) is 22.9 Å². The minimum atomic E-state index is -0.961. The van der Waals surface area contributed by atoms with E-state index in [1.54, 1.807) is 24.3 Å². The number of carbonyl (C=O) groups excluding carboxylic acids is 2. The third-order valence-electron chi connectivity index (χ3n) is 4.02. The van der Waals surface area contributed by atoms with Gasteiger partial charge in [0.1, 0.15) is 0 Å². The maximum Gasteiger partial charge on any atom is 0.307 e. The Bertz CT molecular complexity index is 588. The van der Waals surface area contributed by atoms with Crippen molar-refractivity contribution in [2.75, 3.05) is 0 Å². The second-order valence-electron chi connectivity index (χ2n) is 5.68. The first kappa shape index (κ1) is 17.3. The lowest BCUT2D eigenvalue weighted by Crippen LogP contribution is -2.48. The third kappa shape index (κ3) is 4.96. The van der Waals surface area contributed by atoms with Crippen molar-refractivity contribution >= 4 is 29.4 Å². The van der Waals surface area contributed by atoms with Crippen LogP contribution in [0.5, 0.6) is 0 Å². The van der Waals surface area contributed by atoms with Gasteiger partial charge >= 0.3 is 5.97 Å². The predicted octanol–water partition coefficient (Wildman–Crippen LogP) is 1.92. The minimum Gasteiger partial charge on any atom is -0.481 e. The largest absolute Gasteiger partial charge is 0.481 e. The summed E-state index contributed by atoms with van der Waals surface area (Å²) < 4.78 is 0. The highest BCUT2D eigenvalue weighted by Gasteiger charge is 2.35. The molecular formula is C16H19ClN2O4. The number of hydrogen-bond donors (Lipinski definition) is 3. The van der Waals surface area contributed by atoms with Crippen molar-refractivity contribution in [2.45, 2.75) is 32.1 Å². The zero-order chi connectivity index (χ0) is 16.8. The van der Waals surface area contributed by atoms with Gasteiger partial charge in [0.05, 0.1) is 18.3 Å². The van der Waals surface area contributed by atoms with Gasteiger partial charge in [-0.05, 0) is 30.5 Å². The number of amides is 2. The first-order chi connectivity index (χ1) is 11.0. The molecule has 1 aromatic rings. The Kier molecular flexibility index (Phi) is 5.98. The molecule has 3 N–H and O–H groups in total. The standard InChI is InChI=1S/C16H19ClN2O4/c17-11-7-5-10(6-8-11)9-14(20)18-19-15(21)12-3-1-2-4-13(12)16(22)23/h5-8,12-13H,1-4,9H2,(H,18,20)(H,19,21)(H,22,23)/t12-,13+/m0/s1. The molecule has 1 fully saturated rings. The van der Waals surface area contributed by atoms with Crippen LogP contribution < -0.4 is 10.9 Å². The van der Waals surface area contributed by atoms with Gasteiger partial charge in [-0.2, -0.15) is 0 Å². The summed E-state index contributed by atoms with van der Waals surface area (Å²) in [5.41, 5.74) is 5.44.